The number of likely N-dealkylation sites (N-methyl/N-ethyl adjacent to an activating group) is 1. The maximum absolute atomic E-state index is 14.2. The van der Waals surface area contributed by atoms with Crippen LogP contribution in [0.2, 0.25) is 0 Å². The molecule has 0 unspecified atom stereocenters. The molecule has 0 aliphatic carbocycles. The Morgan fingerprint density at radius 1 is 1.17 bits per heavy atom. The number of nitrogens with zero attached hydrogens (tertiary/aromatic N) is 3. The van der Waals surface area contributed by atoms with Crippen molar-refractivity contribution in [3.63, 3.8) is 0 Å². The third kappa shape index (κ3) is 10.3. The molecule has 0 fully saturated rings. The van der Waals surface area contributed by atoms with Crippen LogP contribution in [0.4, 0.5) is 10.5 Å². The molecule has 42 heavy (non-hydrogen) atoms. The molecule has 10 nitrogen and oxygen atoms in total. The first-order valence-electron chi connectivity index (χ1n) is 15.1. The van der Waals surface area contributed by atoms with Gasteiger partial charge in [0, 0.05) is 56.3 Å². The number of amides is 3. The van der Waals surface area contributed by atoms with Crippen molar-refractivity contribution in [1.82, 2.24) is 20.1 Å². The predicted molar refractivity (Wildman–Crippen MR) is 165 cm³/mol. The average Bonchev–Trinajstić information content (AvgIpc) is 2.94. The van der Waals surface area contributed by atoms with Gasteiger partial charge in [-0.25, -0.2) is 4.79 Å². The van der Waals surface area contributed by atoms with Crippen molar-refractivity contribution in [2.24, 2.45) is 5.92 Å². The number of aliphatic hydroxyl groups is 1. The number of aliphatic hydroxyl groups excluding tert-OH is 1. The molecule has 2 heterocycles. The van der Waals surface area contributed by atoms with E-state index in [4.69, 9.17) is 9.47 Å². The molecule has 3 rings (SSSR count). The number of rotatable bonds is 8. The fourth-order valence-corrected chi connectivity index (χ4v) is 5.06. The van der Waals surface area contributed by atoms with Crippen LogP contribution in [0.25, 0.3) is 0 Å². The topological polar surface area (TPSA) is 116 Å². The lowest BCUT2D eigenvalue weighted by Gasteiger charge is -2.36. The highest BCUT2D eigenvalue weighted by Crippen LogP contribution is 2.28. The van der Waals surface area contributed by atoms with Gasteiger partial charge in [-0.1, -0.05) is 6.92 Å². The molecular weight excluding hydrogens is 534 g/mol. The standard InChI is InChI=1S/C32H49N5O5/c1-22(2)34-32(40)35-27-10-11-29-28(17-27)31(39)37(24(4)21-38)18-23(3)30(41-16-8-7-9-25(5)42-29)20-36(6)19-26-12-14-33-15-13-26/h10-15,17,22-25,30,38H,7-9,16,18-21H2,1-6H3,(H2,34,35,40)/t23-,24-,25-,30+/m1/s1. The van der Waals surface area contributed by atoms with E-state index in [0.717, 1.165) is 25.8 Å². The number of ether oxygens (including phenoxy) is 2. The highest BCUT2D eigenvalue weighted by atomic mass is 16.5. The van der Waals surface area contributed by atoms with Gasteiger partial charge >= 0.3 is 6.03 Å². The zero-order valence-electron chi connectivity index (χ0n) is 26.0. The van der Waals surface area contributed by atoms with Gasteiger partial charge in [-0.3, -0.25) is 14.7 Å². The lowest BCUT2D eigenvalue weighted by molar-refractivity contribution is -0.0177. The van der Waals surface area contributed by atoms with E-state index in [1.807, 2.05) is 39.8 Å². The van der Waals surface area contributed by atoms with Gasteiger partial charge in [-0.05, 0) is 89.9 Å². The van der Waals surface area contributed by atoms with E-state index >= 15 is 0 Å². The van der Waals surface area contributed by atoms with Crippen molar-refractivity contribution in [2.45, 2.75) is 84.7 Å². The van der Waals surface area contributed by atoms with E-state index in [9.17, 15) is 14.7 Å². The van der Waals surface area contributed by atoms with E-state index in [2.05, 4.69) is 34.5 Å². The van der Waals surface area contributed by atoms with Crippen molar-refractivity contribution in [2.75, 3.05) is 38.7 Å². The maximum atomic E-state index is 14.2. The second-order valence-electron chi connectivity index (χ2n) is 11.8. The van der Waals surface area contributed by atoms with E-state index in [1.54, 1.807) is 35.5 Å². The fraction of sp³-hybridized carbons (Fsp3) is 0.594. The molecule has 3 amide bonds. The van der Waals surface area contributed by atoms with Gasteiger partial charge in [0.25, 0.3) is 5.91 Å². The first kappa shape index (κ1) is 33.3. The zero-order chi connectivity index (χ0) is 30.6. The first-order chi connectivity index (χ1) is 20.1. The summed E-state index contributed by atoms with van der Waals surface area (Å²) in [7, 11) is 2.07. The van der Waals surface area contributed by atoms with E-state index in [1.165, 1.54) is 5.56 Å². The lowest BCUT2D eigenvalue weighted by atomic mass is 10.0. The predicted octanol–water partition coefficient (Wildman–Crippen LogP) is 4.54. The molecule has 0 spiro atoms. The van der Waals surface area contributed by atoms with Crippen molar-refractivity contribution in [1.29, 1.82) is 0 Å². The van der Waals surface area contributed by atoms with Gasteiger partial charge < -0.3 is 30.1 Å². The van der Waals surface area contributed by atoms with Crippen LogP contribution >= 0.6 is 0 Å². The maximum Gasteiger partial charge on any atom is 0.319 e. The van der Waals surface area contributed by atoms with Crippen molar-refractivity contribution in [3.05, 3.63) is 53.9 Å². The Kier molecular flexibility index (Phi) is 13.0. The molecular formula is C32H49N5O5. The van der Waals surface area contributed by atoms with E-state index in [-0.39, 0.29) is 42.7 Å². The quantitative estimate of drug-likeness (QED) is 0.418. The molecule has 0 saturated heterocycles. The summed E-state index contributed by atoms with van der Waals surface area (Å²) >= 11 is 0. The number of aromatic nitrogens is 1. The van der Waals surface area contributed by atoms with Gasteiger partial charge in [0.15, 0.2) is 0 Å². The number of pyridine rings is 1. The molecule has 0 radical (unpaired) electrons. The number of urea groups is 1. The Bertz CT molecular complexity index is 1130. The SMILES string of the molecule is CC(C)NC(=O)Nc1ccc2c(c1)C(=O)N([C@H](C)CO)C[C@@H](C)[C@H](CN(C)Cc1ccncc1)OCCCC[C@@H](C)O2. The molecule has 1 aromatic heterocycles. The smallest absolute Gasteiger partial charge is 0.319 e. The van der Waals surface area contributed by atoms with Gasteiger partial charge in [0.2, 0.25) is 0 Å². The number of hydrogen-bond acceptors (Lipinski definition) is 7. The van der Waals surface area contributed by atoms with Crippen LogP contribution in [0.3, 0.4) is 0 Å². The second-order valence-corrected chi connectivity index (χ2v) is 11.8. The molecule has 1 aliphatic rings. The van der Waals surface area contributed by atoms with Crippen LogP contribution in [0, 0.1) is 5.92 Å². The summed E-state index contributed by atoms with van der Waals surface area (Å²) in [4.78, 5) is 34.6. The summed E-state index contributed by atoms with van der Waals surface area (Å²) in [6, 6.07) is 8.34. The molecule has 1 aromatic carbocycles. The first-order valence-corrected chi connectivity index (χ1v) is 15.1. The molecule has 3 N–H and O–H groups in total. The third-order valence-corrected chi connectivity index (χ3v) is 7.42. The minimum atomic E-state index is -0.436. The summed E-state index contributed by atoms with van der Waals surface area (Å²) in [5, 5.41) is 15.8. The van der Waals surface area contributed by atoms with Crippen LogP contribution < -0.4 is 15.4 Å². The average molecular weight is 584 g/mol. The van der Waals surface area contributed by atoms with E-state index < -0.39 is 6.04 Å². The molecule has 0 saturated carbocycles. The number of nitrogens with one attached hydrogen (secondary N) is 2. The fourth-order valence-electron chi connectivity index (χ4n) is 5.06. The molecule has 10 heteroatoms. The Balaban J connectivity index is 1.90. The second kappa shape index (κ2) is 16.4. The summed E-state index contributed by atoms with van der Waals surface area (Å²) in [6.45, 7) is 11.9. The van der Waals surface area contributed by atoms with Crippen molar-refractivity contribution >= 4 is 17.6 Å². The molecule has 0 bridgehead atoms. The summed E-state index contributed by atoms with van der Waals surface area (Å²) < 4.78 is 12.7. The monoisotopic (exact) mass is 583 g/mol. The van der Waals surface area contributed by atoms with Gasteiger partial charge in [-0.15, -0.1) is 0 Å². The van der Waals surface area contributed by atoms with Crippen molar-refractivity contribution in [3.8, 4) is 5.75 Å². The molecule has 232 valence electrons. The van der Waals surface area contributed by atoms with Gasteiger partial charge in [0.05, 0.1) is 30.4 Å². The Hall–Kier alpha value is -3.21. The largest absolute Gasteiger partial charge is 0.490 e. The normalized spacial score (nSPS) is 21.3. The number of hydrogen-bond donors (Lipinski definition) is 3. The van der Waals surface area contributed by atoms with Crippen LogP contribution in [0.5, 0.6) is 5.75 Å². The van der Waals surface area contributed by atoms with Gasteiger partial charge in [-0.2, -0.15) is 0 Å². The molecule has 1 aliphatic heterocycles. The summed E-state index contributed by atoms with van der Waals surface area (Å²) in [5.41, 5.74) is 2.01. The Morgan fingerprint density at radius 2 is 1.90 bits per heavy atom. The minimum Gasteiger partial charge on any atom is -0.490 e. The van der Waals surface area contributed by atoms with Crippen LogP contribution in [0.15, 0.2) is 42.7 Å². The summed E-state index contributed by atoms with van der Waals surface area (Å²) in [5.74, 6) is 0.179. The van der Waals surface area contributed by atoms with Crippen LogP contribution in [0.1, 0.15) is 69.8 Å². The van der Waals surface area contributed by atoms with Crippen LogP contribution in [-0.2, 0) is 11.3 Å². The molecule has 4 atom stereocenters. The Labute approximate surface area is 250 Å². The third-order valence-electron chi connectivity index (χ3n) is 7.42. The number of carbonyl (C=O) groups excluding carboxylic acids is 2. The minimum absolute atomic E-state index is 0.0211. The lowest BCUT2D eigenvalue weighted by Crippen LogP contribution is -2.47. The zero-order valence-corrected chi connectivity index (χ0v) is 26.0. The number of fused-ring (bicyclic) bond motifs is 1. The number of carbonyl (C=O) groups is 2. The van der Waals surface area contributed by atoms with Gasteiger partial charge in [0.1, 0.15) is 5.75 Å². The van der Waals surface area contributed by atoms with E-state index in [0.29, 0.717) is 36.7 Å². The summed E-state index contributed by atoms with van der Waals surface area (Å²) in [6.07, 6.45) is 6.00. The highest BCUT2D eigenvalue weighted by molar-refractivity contribution is 5.99. The highest BCUT2D eigenvalue weighted by Gasteiger charge is 2.30. The number of anilines is 1. The molecule has 2 aromatic rings. The number of benzene rings is 1. The Morgan fingerprint density at radius 3 is 2.60 bits per heavy atom. The van der Waals surface area contributed by atoms with Crippen molar-refractivity contribution < 1.29 is 24.2 Å². The van der Waals surface area contributed by atoms with Crippen LogP contribution in [-0.4, -0.2) is 89.5 Å².